The van der Waals surface area contributed by atoms with Gasteiger partial charge in [0, 0.05) is 19.6 Å². The van der Waals surface area contributed by atoms with Gasteiger partial charge in [0.25, 0.3) is 0 Å². The number of hydrogen-bond acceptors (Lipinski definition) is 1. The van der Waals surface area contributed by atoms with Crippen molar-refractivity contribution in [1.29, 1.82) is 0 Å². The molecule has 0 aromatic heterocycles. The van der Waals surface area contributed by atoms with Crippen LogP contribution >= 0.6 is 0 Å². The van der Waals surface area contributed by atoms with Crippen molar-refractivity contribution in [3.05, 3.63) is 0 Å². The van der Waals surface area contributed by atoms with Gasteiger partial charge in [0.05, 0.1) is 0 Å². The molecule has 0 aliphatic heterocycles. The molecule has 0 aromatic rings. The van der Waals surface area contributed by atoms with E-state index in [1.807, 2.05) is 0 Å². The van der Waals surface area contributed by atoms with E-state index >= 15 is 0 Å². The maximum Gasteiger partial charge on any atom is 0.317 e. The Balaban J connectivity index is 0. The third-order valence-corrected chi connectivity index (χ3v) is 6.42. The lowest BCUT2D eigenvalue weighted by Gasteiger charge is -2.31. The van der Waals surface area contributed by atoms with Gasteiger partial charge in [-0.05, 0) is 37.0 Å². The second kappa shape index (κ2) is 20.5. The van der Waals surface area contributed by atoms with E-state index in [-0.39, 0.29) is 13.5 Å². The highest BCUT2D eigenvalue weighted by atomic mass is 16.2. The van der Waals surface area contributed by atoms with Crippen LogP contribution in [0.25, 0.3) is 0 Å². The quantitative estimate of drug-likeness (QED) is 0.241. The third kappa shape index (κ3) is 14.8. The molecule has 3 nitrogen and oxygen atoms in total. The Morgan fingerprint density at radius 2 is 1.07 bits per heavy atom. The molecule has 0 aliphatic carbocycles. The fourth-order valence-corrected chi connectivity index (χ4v) is 3.99. The maximum atomic E-state index is 13.1. The molecule has 0 aromatic carbocycles. The first-order valence-corrected chi connectivity index (χ1v) is 12.6. The van der Waals surface area contributed by atoms with Crippen LogP contribution in [-0.2, 0) is 0 Å². The molecule has 0 heterocycles. The van der Waals surface area contributed by atoms with E-state index in [9.17, 15) is 4.79 Å². The average molecular weight is 413 g/mol. The summed E-state index contributed by atoms with van der Waals surface area (Å²) in [6.07, 6.45) is 14.8. The Kier molecular flexibility index (Phi) is 21.6. The van der Waals surface area contributed by atoms with Crippen LogP contribution < -0.4 is 5.32 Å². The van der Waals surface area contributed by atoms with Crippen molar-refractivity contribution in [3.63, 3.8) is 0 Å². The number of carbonyl (C=O) groups is 1. The Labute approximate surface area is 184 Å². The first-order valence-electron chi connectivity index (χ1n) is 12.6. The largest absolute Gasteiger partial charge is 0.338 e. The van der Waals surface area contributed by atoms with E-state index < -0.39 is 0 Å². The van der Waals surface area contributed by atoms with E-state index in [1.165, 1.54) is 70.6 Å². The van der Waals surface area contributed by atoms with Crippen molar-refractivity contribution in [2.75, 3.05) is 19.6 Å². The van der Waals surface area contributed by atoms with Crippen molar-refractivity contribution in [2.45, 2.75) is 126 Å². The van der Waals surface area contributed by atoms with Crippen LogP contribution in [0.3, 0.4) is 0 Å². The summed E-state index contributed by atoms with van der Waals surface area (Å²) in [4.78, 5) is 15.3. The maximum absolute atomic E-state index is 13.1. The topological polar surface area (TPSA) is 32.3 Å². The molecule has 0 rings (SSSR count). The van der Waals surface area contributed by atoms with Gasteiger partial charge < -0.3 is 10.2 Å². The van der Waals surface area contributed by atoms with Gasteiger partial charge in [0.2, 0.25) is 0 Å². The molecule has 0 bridgehead atoms. The standard InChI is InChI=1S/C25H52N2O.CH4/c1-7-13-16-22(10-4)19-26-25(28)27(20-23(11-5)17-14-8-2)21-24(12-6)18-15-9-3;/h22-24H,7-21H2,1-6H3,(H,26,28);1H4. The van der Waals surface area contributed by atoms with Gasteiger partial charge in [-0.25, -0.2) is 4.79 Å². The predicted octanol–water partition coefficient (Wildman–Crippen LogP) is 8.28. The van der Waals surface area contributed by atoms with Crippen molar-refractivity contribution in [2.24, 2.45) is 17.8 Å². The number of hydrogen-bond donors (Lipinski definition) is 1. The number of rotatable bonds is 18. The van der Waals surface area contributed by atoms with Crippen LogP contribution in [0, 0.1) is 17.8 Å². The zero-order chi connectivity index (χ0) is 21.2. The van der Waals surface area contributed by atoms with Crippen LogP contribution in [0.4, 0.5) is 4.79 Å². The smallest absolute Gasteiger partial charge is 0.317 e. The highest BCUT2D eigenvalue weighted by Crippen LogP contribution is 2.19. The summed E-state index contributed by atoms with van der Waals surface area (Å²) >= 11 is 0. The van der Waals surface area contributed by atoms with E-state index in [2.05, 4.69) is 51.8 Å². The molecule has 0 radical (unpaired) electrons. The van der Waals surface area contributed by atoms with Crippen molar-refractivity contribution < 1.29 is 4.79 Å². The minimum absolute atomic E-state index is 0. The lowest BCUT2D eigenvalue weighted by Crippen LogP contribution is -2.46. The Bertz CT molecular complexity index is 341. The predicted molar refractivity (Wildman–Crippen MR) is 132 cm³/mol. The highest BCUT2D eigenvalue weighted by Gasteiger charge is 2.21. The molecule has 1 N–H and O–H groups in total. The number of nitrogens with zero attached hydrogens (tertiary/aromatic N) is 1. The van der Waals surface area contributed by atoms with Crippen molar-refractivity contribution in [1.82, 2.24) is 10.2 Å². The van der Waals surface area contributed by atoms with Gasteiger partial charge in [0.15, 0.2) is 0 Å². The number of urea groups is 1. The van der Waals surface area contributed by atoms with Crippen LogP contribution in [-0.4, -0.2) is 30.6 Å². The first kappa shape index (κ1) is 30.5. The molecular formula is C26H56N2O. The minimum Gasteiger partial charge on any atom is -0.338 e. The molecule has 3 heteroatoms. The van der Waals surface area contributed by atoms with Crippen molar-refractivity contribution >= 4 is 6.03 Å². The van der Waals surface area contributed by atoms with Gasteiger partial charge in [-0.3, -0.25) is 0 Å². The second-order valence-electron chi connectivity index (χ2n) is 8.84. The third-order valence-electron chi connectivity index (χ3n) is 6.42. The monoisotopic (exact) mass is 412 g/mol. The number of amides is 2. The van der Waals surface area contributed by atoms with E-state index in [0.29, 0.717) is 17.8 Å². The summed E-state index contributed by atoms with van der Waals surface area (Å²) in [7, 11) is 0. The first-order chi connectivity index (χ1) is 13.6. The van der Waals surface area contributed by atoms with Gasteiger partial charge in [-0.2, -0.15) is 0 Å². The van der Waals surface area contributed by atoms with Crippen LogP contribution in [0.5, 0.6) is 0 Å². The second-order valence-corrected chi connectivity index (χ2v) is 8.84. The molecule has 0 saturated heterocycles. The summed E-state index contributed by atoms with van der Waals surface area (Å²) in [5, 5.41) is 3.30. The van der Waals surface area contributed by atoms with E-state index in [0.717, 1.165) is 26.1 Å². The highest BCUT2D eigenvalue weighted by molar-refractivity contribution is 5.74. The van der Waals surface area contributed by atoms with E-state index in [4.69, 9.17) is 0 Å². The normalized spacial score (nSPS) is 14.0. The molecule has 0 fully saturated rings. The summed E-state index contributed by atoms with van der Waals surface area (Å²) in [6, 6.07) is 0.180. The fraction of sp³-hybridized carbons (Fsp3) is 0.962. The number of carbonyl (C=O) groups excluding carboxylic acids is 1. The van der Waals surface area contributed by atoms with Gasteiger partial charge in [-0.1, -0.05) is 107 Å². The lowest BCUT2D eigenvalue weighted by atomic mass is 9.96. The van der Waals surface area contributed by atoms with Gasteiger partial charge in [0.1, 0.15) is 0 Å². The molecule has 0 spiro atoms. The average Bonchev–Trinajstić information content (AvgIpc) is 2.72. The van der Waals surface area contributed by atoms with Gasteiger partial charge >= 0.3 is 6.03 Å². The van der Waals surface area contributed by atoms with Crippen LogP contribution in [0.1, 0.15) is 126 Å². The molecule has 0 saturated carbocycles. The zero-order valence-electron chi connectivity index (χ0n) is 20.2. The van der Waals surface area contributed by atoms with Crippen LogP contribution in [0.15, 0.2) is 0 Å². The number of nitrogens with one attached hydrogen (secondary N) is 1. The summed E-state index contributed by atoms with van der Waals surface area (Å²) < 4.78 is 0. The SMILES string of the molecule is C.CCCCC(CC)CNC(=O)N(CC(CC)CCCC)CC(CC)CCCC. The Morgan fingerprint density at radius 1 is 0.690 bits per heavy atom. The van der Waals surface area contributed by atoms with Crippen molar-refractivity contribution in [3.8, 4) is 0 Å². The minimum atomic E-state index is 0. The fourth-order valence-electron chi connectivity index (χ4n) is 3.99. The van der Waals surface area contributed by atoms with Gasteiger partial charge in [-0.15, -0.1) is 0 Å². The summed E-state index contributed by atoms with van der Waals surface area (Å²) in [5.74, 6) is 1.89. The zero-order valence-corrected chi connectivity index (χ0v) is 20.2. The molecule has 2 amide bonds. The Morgan fingerprint density at radius 3 is 1.41 bits per heavy atom. The molecule has 29 heavy (non-hydrogen) atoms. The van der Waals surface area contributed by atoms with Crippen LogP contribution in [0.2, 0.25) is 0 Å². The molecule has 176 valence electrons. The lowest BCUT2D eigenvalue weighted by molar-refractivity contribution is 0.167. The number of unbranched alkanes of at least 4 members (excludes halogenated alkanes) is 3. The summed E-state index contributed by atoms with van der Waals surface area (Å²) in [5.41, 5.74) is 0. The molecular weight excluding hydrogens is 356 g/mol. The molecule has 3 unspecified atom stereocenters. The van der Waals surface area contributed by atoms with E-state index in [1.54, 1.807) is 0 Å². The Hall–Kier alpha value is -0.730. The molecule has 3 atom stereocenters. The summed E-state index contributed by atoms with van der Waals surface area (Å²) in [6.45, 7) is 16.3. The molecule has 0 aliphatic rings.